The predicted molar refractivity (Wildman–Crippen MR) is 108 cm³/mol. The smallest absolute Gasteiger partial charge is 0.254 e. The van der Waals surface area contributed by atoms with Gasteiger partial charge in [0.15, 0.2) is 0 Å². The molecule has 2 saturated heterocycles. The average molecular weight is 413 g/mol. The van der Waals surface area contributed by atoms with Crippen molar-refractivity contribution in [3.8, 4) is 0 Å². The zero-order valence-electron chi connectivity index (χ0n) is 16.5. The number of benzene rings is 1. The molecule has 0 aromatic heterocycles. The summed E-state index contributed by atoms with van der Waals surface area (Å²) in [5.41, 5.74) is -0.0690. The van der Waals surface area contributed by atoms with Gasteiger partial charge in [-0.2, -0.15) is 0 Å². The van der Waals surface area contributed by atoms with Crippen molar-refractivity contribution in [1.29, 1.82) is 0 Å². The molecular weight excluding hydrogens is 382 g/mol. The minimum Gasteiger partial charge on any atom is -0.381 e. The van der Waals surface area contributed by atoms with Gasteiger partial charge in [-0.1, -0.05) is 18.9 Å². The molecule has 1 N–H and O–H groups in total. The number of hydrogen-bond acceptors (Lipinski definition) is 4. The summed E-state index contributed by atoms with van der Waals surface area (Å²) in [6.45, 7) is 6.32. The number of piperidine rings is 1. The van der Waals surface area contributed by atoms with Gasteiger partial charge in [-0.25, -0.2) is 8.78 Å². The number of nitrogens with zero attached hydrogens (tertiary/aromatic N) is 1. The van der Waals surface area contributed by atoms with Crippen LogP contribution >= 0.6 is 11.9 Å². The summed E-state index contributed by atoms with van der Waals surface area (Å²) in [5, 5.41) is 2.95. The van der Waals surface area contributed by atoms with Gasteiger partial charge in [0.2, 0.25) is 0 Å². The largest absolute Gasteiger partial charge is 0.381 e. The first-order valence-electron chi connectivity index (χ1n) is 10.2. The standard InChI is InChI=1S/C21H30F2N2O2S/c1-2-28-25-9-7-21(8-10-25,14-16-5-11-27-12-6-16)15-24-20(26)18-4-3-17(22)13-19(18)23/h3-4,13,16H,2,5-12,14-15H2,1H3,(H,24,26). The number of carbonyl (C=O) groups is 1. The zero-order chi connectivity index (χ0) is 20.0. The molecule has 0 bridgehead atoms. The summed E-state index contributed by atoms with van der Waals surface area (Å²) in [6.07, 6.45) is 5.23. The van der Waals surface area contributed by atoms with Crippen molar-refractivity contribution in [3.63, 3.8) is 0 Å². The first-order chi connectivity index (χ1) is 13.5. The Hall–Kier alpha value is -1.18. The molecule has 0 radical (unpaired) electrons. The highest BCUT2D eigenvalue weighted by Crippen LogP contribution is 2.41. The number of nitrogens with one attached hydrogen (secondary N) is 1. The molecule has 0 atom stereocenters. The lowest BCUT2D eigenvalue weighted by Crippen LogP contribution is -2.46. The average Bonchev–Trinajstić information content (AvgIpc) is 2.69. The summed E-state index contributed by atoms with van der Waals surface area (Å²) in [4.78, 5) is 12.5. The predicted octanol–water partition coefficient (Wildman–Crippen LogP) is 4.26. The molecule has 3 rings (SSSR count). The van der Waals surface area contributed by atoms with E-state index in [1.165, 1.54) is 6.07 Å². The lowest BCUT2D eigenvalue weighted by molar-refractivity contribution is 0.0341. The summed E-state index contributed by atoms with van der Waals surface area (Å²) >= 11 is 1.86. The monoisotopic (exact) mass is 412 g/mol. The molecule has 4 nitrogen and oxygen atoms in total. The van der Waals surface area contributed by atoms with E-state index in [4.69, 9.17) is 4.74 Å². The van der Waals surface area contributed by atoms with Crippen molar-refractivity contribution in [1.82, 2.24) is 9.62 Å². The van der Waals surface area contributed by atoms with Crippen LogP contribution in [0.3, 0.4) is 0 Å². The maximum absolute atomic E-state index is 13.9. The van der Waals surface area contributed by atoms with E-state index >= 15 is 0 Å². The van der Waals surface area contributed by atoms with Crippen LogP contribution in [0.15, 0.2) is 18.2 Å². The van der Waals surface area contributed by atoms with Gasteiger partial charge in [0, 0.05) is 44.7 Å². The highest BCUT2D eigenvalue weighted by molar-refractivity contribution is 7.96. The molecule has 0 aliphatic carbocycles. The molecule has 156 valence electrons. The normalized spacial score (nSPS) is 20.8. The molecule has 1 amide bonds. The molecule has 2 fully saturated rings. The molecule has 0 spiro atoms. The van der Waals surface area contributed by atoms with E-state index in [1.807, 2.05) is 11.9 Å². The molecule has 2 aliphatic heterocycles. The summed E-state index contributed by atoms with van der Waals surface area (Å²) in [6, 6.07) is 3.09. The second-order valence-electron chi connectivity index (χ2n) is 7.91. The molecule has 0 unspecified atom stereocenters. The van der Waals surface area contributed by atoms with Gasteiger partial charge in [-0.3, -0.25) is 9.10 Å². The van der Waals surface area contributed by atoms with E-state index in [9.17, 15) is 13.6 Å². The zero-order valence-corrected chi connectivity index (χ0v) is 17.3. The van der Waals surface area contributed by atoms with Crippen LogP contribution < -0.4 is 5.32 Å². The van der Waals surface area contributed by atoms with E-state index in [2.05, 4.69) is 16.5 Å². The number of carbonyl (C=O) groups excluding carboxylic acids is 1. The molecule has 1 aromatic rings. The number of rotatable bonds is 7. The van der Waals surface area contributed by atoms with Crippen LogP contribution in [0.5, 0.6) is 0 Å². The Morgan fingerprint density at radius 2 is 2.00 bits per heavy atom. The van der Waals surface area contributed by atoms with Crippen LogP contribution in [0.25, 0.3) is 0 Å². The van der Waals surface area contributed by atoms with Crippen LogP contribution in [-0.2, 0) is 4.74 Å². The fraction of sp³-hybridized carbons (Fsp3) is 0.667. The van der Waals surface area contributed by atoms with Gasteiger partial charge in [0.05, 0.1) is 5.56 Å². The van der Waals surface area contributed by atoms with Crippen LogP contribution in [-0.4, -0.2) is 48.8 Å². The van der Waals surface area contributed by atoms with Crippen LogP contribution in [0.1, 0.15) is 49.4 Å². The van der Waals surface area contributed by atoms with E-state index in [0.29, 0.717) is 12.5 Å². The number of ether oxygens (including phenoxy) is 1. The van der Waals surface area contributed by atoms with Crippen molar-refractivity contribution in [2.75, 3.05) is 38.6 Å². The Morgan fingerprint density at radius 1 is 1.29 bits per heavy atom. The SMILES string of the molecule is CCSN1CCC(CNC(=O)c2ccc(F)cc2F)(CC2CCOCC2)CC1. The Morgan fingerprint density at radius 3 is 2.64 bits per heavy atom. The van der Waals surface area contributed by atoms with E-state index in [0.717, 1.165) is 76.3 Å². The molecule has 2 heterocycles. The lowest BCUT2D eigenvalue weighted by atomic mass is 9.71. The molecule has 7 heteroatoms. The van der Waals surface area contributed by atoms with Crippen molar-refractivity contribution in [2.45, 2.75) is 39.0 Å². The van der Waals surface area contributed by atoms with Crippen LogP contribution in [0.2, 0.25) is 0 Å². The van der Waals surface area contributed by atoms with Crippen molar-refractivity contribution in [2.24, 2.45) is 11.3 Å². The van der Waals surface area contributed by atoms with E-state index < -0.39 is 17.5 Å². The van der Waals surface area contributed by atoms with Gasteiger partial charge < -0.3 is 10.1 Å². The highest BCUT2D eigenvalue weighted by atomic mass is 32.2. The highest BCUT2D eigenvalue weighted by Gasteiger charge is 2.37. The van der Waals surface area contributed by atoms with Gasteiger partial charge in [-0.15, -0.1) is 0 Å². The fourth-order valence-electron chi connectivity index (χ4n) is 4.32. The third kappa shape index (κ3) is 5.67. The molecule has 0 saturated carbocycles. The Labute approximate surface area is 170 Å². The van der Waals surface area contributed by atoms with Crippen molar-refractivity contribution < 1.29 is 18.3 Å². The van der Waals surface area contributed by atoms with Gasteiger partial charge in [-0.05, 0) is 55.6 Å². The molecular formula is C21H30F2N2O2S. The van der Waals surface area contributed by atoms with Crippen molar-refractivity contribution >= 4 is 17.9 Å². The molecule has 1 aromatic carbocycles. The summed E-state index contributed by atoms with van der Waals surface area (Å²) in [7, 11) is 0. The topological polar surface area (TPSA) is 41.6 Å². The second-order valence-corrected chi connectivity index (χ2v) is 9.27. The summed E-state index contributed by atoms with van der Waals surface area (Å²) in [5.74, 6) is -0.281. The molecule has 28 heavy (non-hydrogen) atoms. The number of hydrogen-bond donors (Lipinski definition) is 1. The Bertz CT molecular complexity index is 660. The van der Waals surface area contributed by atoms with Gasteiger partial charge in [0.1, 0.15) is 11.6 Å². The first kappa shape index (κ1) is 21.5. The van der Waals surface area contributed by atoms with Gasteiger partial charge in [0.25, 0.3) is 5.91 Å². The maximum Gasteiger partial charge on any atom is 0.254 e. The van der Waals surface area contributed by atoms with E-state index in [-0.39, 0.29) is 11.0 Å². The fourth-order valence-corrected chi connectivity index (χ4v) is 5.13. The van der Waals surface area contributed by atoms with Crippen LogP contribution in [0.4, 0.5) is 8.78 Å². The minimum absolute atomic E-state index is 0.0268. The number of halogens is 2. The third-order valence-corrected chi connectivity index (χ3v) is 6.95. The van der Waals surface area contributed by atoms with E-state index in [1.54, 1.807) is 0 Å². The van der Waals surface area contributed by atoms with Crippen molar-refractivity contribution in [3.05, 3.63) is 35.4 Å². The third-order valence-electron chi connectivity index (χ3n) is 5.96. The first-order valence-corrected chi connectivity index (χ1v) is 11.1. The molecule has 2 aliphatic rings. The Balaban J connectivity index is 1.65. The quantitative estimate of drug-likeness (QED) is 0.680. The second kappa shape index (κ2) is 10.0. The minimum atomic E-state index is -0.815. The van der Waals surface area contributed by atoms with Crippen LogP contribution in [0, 0.1) is 23.0 Å². The van der Waals surface area contributed by atoms with Gasteiger partial charge >= 0.3 is 0 Å². The lowest BCUT2D eigenvalue weighted by Gasteiger charge is -2.44. The Kier molecular flexibility index (Phi) is 7.71. The number of amides is 1. The summed E-state index contributed by atoms with van der Waals surface area (Å²) < 4.78 is 35.0. The maximum atomic E-state index is 13.9.